The van der Waals surface area contributed by atoms with Crippen molar-refractivity contribution in [1.29, 1.82) is 0 Å². The third-order valence-corrected chi connectivity index (χ3v) is 5.96. The van der Waals surface area contributed by atoms with Gasteiger partial charge in [0, 0.05) is 42.5 Å². The lowest BCUT2D eigenvalue weighted by Gasteiger charge is -2.40. The Hall–Kier alpha value is -2.60. The zero-order valence-electron chi connectivity index (χ0n) is 14.1. The number of aromatic nitrogens is 4. The monoisotopic (exact) mass is 347 g/mol. The van der Waals surface area contributed by atoms with Gasteiger partial charge in [-0.25, -0.2) is 15.0 Å². The number of aryl methyl sites for hydroxylation is 2. The Bertz CT molecular complexity index is 1080. The maximum absolute atomic E-state index is 4.71. The molecule has 0 radical (unpaired) electrons. The van der Waals surface area contributed by atoms with Crippen molar-refractivity contribution in [3.05, 3.63) is 53.7 Å². The van der Waals surface area contributed by atoms with E-state index in [-0.39, 0.29) is 0 Å². The summed E-state index contributed by atoms with van der Waals surface area (Å²) >= 11 is 1.70. The smallest absolute Gasteiger partial charge is 0.150 e. The van der Waals surface area contributed by atoms with Crippen LogP contribution in [0.2, 0.25) is 0 Å². The molecule has 0 aliphatic carbocycles. The van der Waals surface area contributed by atoms with Crippen molar-refractivity contribution < 1.29 is 0 Å². The predicted octanol–water partition coefficient (Wildman–Crippen LogP) is 3.86. The van der Waals surface area contributed by atoms with Gasteiger partial charge in [-0.1, -0.05) is 0 Å². The van der Waals surface area contributed by atoms with Crippen LogP contribution in [0.5, 0.6) is 0 Å². The first kappa shape index (κ1) is 14.7. The fourth-order valence-electron chi connectivity index (χ4n) is 3.62. The fraction of sp³-hybridized carbons (Fsp3) is 0.263. The van der Waals surface area contributed by atoms with Crippen molar-refractivity contribution in [3.8, 4) is 0 Å². The summed E-state index contributed by atoms with van der Waals surface area (Å²) in [4.78, 5) is 21.4. The van der Waals surface area contributed by atoms with Gasteiger partial charge in [-0.3, -0.25) is 4.98 Å². The standard InChI is InChI=1S/C19H17N5S/c1-11-7-12(2)23-19-15(11)16-17(25-19)18(22-10-21-16)24-8-14(9-24)13-3-5-20-6-4-13/h3-7,10,14H,8-9H2,1-2H3. The molecule has 0 amide bonds. The molecule has 1 aliphatic heterocycles. The second kappa shape index (κ2) is 5.46. The topological polar surface area (TPSA) is 54.8 Å². The summed E-state index contributed by atoms with van der Waals surface area (Å²) in [5.74, 6) is 1.58. The molecule has 1 fully saturated rings. The third-order valence-electron chi connectivity index (χ3n) is 4.89. The minimum atomic E-state index is 0.546. The Kier molecular flexibility index (Phi) is 3.21. The third kappa shape index (κ3) is 2.28. The summed E-state index contributed by atoms with van der Waals surface area (Å²) < 4.78 is 1.15. The van der Waals surface area contributed by atoms with Crippen LogP contribution in [-0.2, 0) is 0 Å². The van der Waals surface area contributed by atoms with Gasteiger partial charge in [0.05, 0.1) is 10.2 Å². The quantitative estimate of drug-likeness (QED) is 0.551. The molecule has 1 aliphatic rings. The number of anilines is 1. The average molecular weight is 347 g/mol. The molecule has 6 heteroatoms. The van der Waals surface area contributed by atoms with E-state index in [9.17, 15) is 0 Å². The lowest BCUT2D eigenvalue weighted by atomic mass is 9.92. The summed E-state index contributed by atoms with van der Waals surface area (Å²) in [5.41, 5.74) is 4.66. The number of fused-ring (bicyclic) bond motifs is 3. The van der Waals surface area contributed by atoms with Gasteiger partial charge in [0.2, 0.25) is 0 Å². The molecular weight excluding hydrogens is 330 g/mol. The normalized spacial score (nSPS) is 15.0. The second-order valence-electron chi connectivity index (χ2n) is 6.62. The summed E-state index contributed by atoms with van der Waals surface area (Å²) in [6.07, 6.45) is 5.41. The van der Waals surface area contributed by atoms with Gasteiger partial charge in [0.1, 0.15) is 17.0 Å². The highest BCUT2D eigenvalue weighted by molar-refractivity contribution is 7.26. The maximum atomic E-state index is 4.71. The molecule has 5 heterocycles. The van der Waals surface area contributed by atoms with Gasteiger partial charge in [-0.2, -0.15) is 0 Å². The molecule has 0 unspecified atom stereocenters. The Morgan fingerprint density at radius 2 is 1.92 bits per heavy atom. The average Bonchev–Trinajstić information content (AvgIpc) is 2.93. The molecule has 5 rings (SSSR count). The van der Waals surface area contributed by atoms with Crippen LogP contribution in [0.15, 0.2) is 36.9 Å². The van der Waals surface area contributed by atoms with Crippen molar-refractivity contribution in [3.63, 3.8) is 0 Å². The van der Waals surface area contributed by atoms with E-state index in [0.29, 0.717) is 5.92 Å². The van der Waals surface area contributed by atoms with E-state index in [4.69, 9.17) is 4.98 Å². The number of pyridine rings is 2. The number of nitrogens with zero attached hydrogens (tertiary/aromatic N) is 5. The summed E-state index contributed by atoms with van der Waals surface area (Å²) in [6.45, 7) is 6.14. The second-order valence-corrected chi connectivity index (χ2v) is 7.62. The van der Waals surface area contributed by atoms with Crippen LogP contribution in [0.4, 0.5) is 5.82 Å². The highest BCUT2D eigenvalue weighted by Crippen LogP contribution is 2.40. The molecule has 0 bridgehead atoms. The van der Waals surface area contributed by atoms with Gasteiger partial charge in [0.25, 0.3) is 0 Å². The summed E-state index contributed by atoms with van der Waals surface area (Å²) in [5, 5.41) is 1.17. The Morgan fingerprint density at radius 1 is 1.12 bits per heavy atom. The van der Waals surface area contributed by atoms with E-state index < -0.39 is 0 Å². The molecule has 25 heavy (non-hydrogen) atoms. The maximum Gasteiger partial charge on any atom is 0.150 e. The van der Waals surface area contributed by atoms with E-state index in [0.717, 1.165) is 39.6 Å². The van der Waals surface area contributed by atoms with Gasteiger partial charge in [-0.15, -0.1) is 11.3 Å². The molecule has 0 aromatic carbocycles. The van der Waals surface area contributed by atoms with Crippen LogP contribution in [0.3, 0.4) is 0 Å². The zero-order chi connectivity index (χ0) is 17.0. The van der Waals surface area contributed by atoms with E-state index in [1.165, 1.54) is 16.5 Å². The van der Waals surface area contributed by atoms with Crippen molar-refractivity contribution in [2.45, 2.75) is 19.8 Å². The molecule has 4 aromatic rings. The number of hydrogen-bond acceptors (Lipinski definition) is 6. The first-order valence-electron chi connectivity index (χ1n) is 8.37. The van der Waals surface area contributed by atoms with Crippen LogP contribution < -0.4 is 4.90 Å². The van der Waals surface area contributed by atoms with Crippen molar-refractivity contribution in [2.75, 3.05) is 18.0 Å². The minimum Gasteiger partial charge on any atom is -0.354 e. The van der Waals surface area contributed by atoms with Gasteiger partial charge >= 0.3 is 0 Å². The molecule has 1 saturated heterocycles. The fourth-order valence-corrected chi connectivity index (χ4v) is 4.89. The zero-order valence-corrected chi connectivity index (χ0v) is 14.9. The first-order chi connectivity index (χ1) is 12.2. The Balaban J connectivity index is 1.56. The summed E-state index contributed by atoms with van der Waals surface area (Å²) in [7, 11) is 0. The minimum absolute atomic E-state index is 0.546. The van der Waals surface area contributed by atoms with Crippen LogP contribution in [0.25, 0.3) is 20.4 Å². The van der Waals surface area contributed by atoms with Crippen molar-refractivity contribution >= 4 is 37.6 Å². The lowest BCUT2D eigenvalue weighted by Crippen LogP contribution is -2.45. The number of rotatable bonds is 2. The molecular formula is C19H17N5S. The van der Waals surface area contributed by atoms with Gasteiger partial charge in [0.15, 0.2) is 0 Å². The molecule has 0 saturated carbocycles. The highest BCUT2D eigenvalue weighted by Gasteiger charge is 2.31. The molecule has 5 nitrogen and oxygen atoms in total. The lowest BCUT2D eigenvalue weighted by molar-refractivity contribution is 0.521. The van der Waals surface area contributed by atoms with Crippen molar-refractivity contribution in [1.82, 2.24) is 19.9 Å². The molecule has 0 atom stereocenters. The van der Waals surface area contributed by atoms with Crippen LogP contribution in [0, 0.1) is 13.8 Å². The van der Waals surface area contributed by atoms with E-state index in [1.807, 2.05) is 19.3 Å². The number of thiophene rings is 1. The van der Waals surface area contributed by atoms with E-state index in [1.54, 1.807) is 17.7 Å². The van der Waals surface area contributed by atoms with Crippen LogP contribution >= 0.6 is 11.3 Å². The van der Waals surface area contributed by atoms with E-state index in [2.05, 4.69) is 45.0 Å². The Labute approximate surface area is 149 Å². The van der Waals surface area contributed by atoms with E-state index >= 15 is 0 Å². The highest BCUT2D eigenvalue weighted by atomic mass is 32.1. The summed E-state index contributed by atoms with van der Waals surface area (Å²) in [6, 6.07) is 6.33. The SMILES string of the molecule is Cc1cc(C)c2c(n1)sc1c(N3CC(c4ccncc4)C3)ncnc12. The van der Waals surface area contributed by atoms with Crippen LogP contribution in [0.1, 0.15) is 22.7 Å². The molecule has 4 aromatic heterocycles. The van der Waals surface area contributed by atoms with Crippen LogP contribution in [-0.4, -0.2) is 33.0 Å². The largest absolute Gasteiger partial charge is 0.354 e. The van der Waals surface area contributed by atoms with Crippen molar-refractivity contribution in [2.24, 2.45) is 0 Å². The molecule has 124 valence electrons. The van der Waals surface area contributed by atoms with Gasteiger partial charge < -0.3 is 4.90 Å². The molecule has 0 spiro atoms. The number of hydrogen-bond donors (Lipinski definition) is 0. The van der Waals surface area contributed by atoms with Gasteiger partial charge in [-0.05, 0) is 43.2 Å². The molecule has 0 N–H and O–H groups in total. The first-order valence-corrected chi connectivity index (χ1v) is 9.18. The predicted molar refractivity (Wildman–Crippen MR) is 101 cm³/mol. The Morgan fingerprint density at radius 3 is 2.72 bits per heavy atom.